The Morgan fingerprint density at radius 3 is 2.35 bits per heavy atom. The maximum Gasteiger partial charge on any atom is 0.326 e. The summed E-state index contributed by atoms with van der Waals surface area (Å²) in [4.78, 5) is 39.1. The fourth-order valence-electron chi connectivity index (χ4n) is 3.68. The van der Waals surface area contributed by atoms with Gasteiger partial charge in [-0.05, 0) is 37.8 Å². The highest BCUT2D eigenvalue weighted by molar-refractivity contribution is 5.94. The zero-order chi connectivity index (χ0) is 18.8. The number of carboxylic acids is 1. The van der Waals surface area contributed by atoms with Gasteiger partial charge in [-0.3, -0.25) is 9.59 Å². The first-order chi connectivity index (χ1) is 12.4. The van der Waals surface area contributed by atoms with E-state index in [1.807, 2.05) is 0 Å². The van der Waals surface area contributed by atoms with Crippen LogP contribution in [0.4, 0.5) is 8.78 Å². The topological polar surface area (TPSA) is 77.9 Å². The van der Waals surface area contributed by atoms with E-state index in [1.165, 1.54) is 9.80 Å². The van der Waals surface area contributed by atoms with Crippen molar-refractivity contribution in [2.24, 2.45) is 5.92 Å². The van der Waals surface area contributed by atoms with Crippen LogP contribution in [0.3, 0.4) is 0 Å². The van der Waals surface area contributed by atoms with E-state index in [1.54, 1.807) is 0 Å². The molecule has 2 heterocycles. The van der Waals surface area contributed by atoms with Crippen LogP contribution in [0.25, 0.3) is 0 Å². The monoisotopic (exact) mass is 366 g/mol. The van der Waals surface area contributed by atoms with Gasteiger partial charge in [-0.25, -0.2) is 13.6 Å². The predicted octanol–water partition coefficient (Wildman–Crippen LogP) is 1.89. The average molecular weight is 366 g/mol. The van der Waals surface area contributed by atoms with Crippen LogP contribution >= 0.6 is 0 Å². The molecule has 26 heavy (non-hydrogen) atoms. The molecule has 2 saturated heterocycles. The van der Waals surface area contributed by atoms with Crippen LogP contribution in [-0.2, 0) is 9.59 Å². The Balaban J connectivity index is 1.61. The zero-order valence-corrected chi connectivity index (χ0v) is 14.2. The van der Waals surface area contributed by atoms with Crippen molar-refractivity contribution in [3.05, 3.63) is 35.4 Å². The van der Waals surface area contributed by atoms with Crippen molar-refractivity contribution in [3.63, 3.8) is 0 Å². The molecular formula is C18H20F2N2O4. The van der Waals surface area contributed by atoms with Crippen molar-refractivity contribution < 1.29 is 28.3 Å². The molecule has 6 nitrogen and oxygen atoms in total. The zero-order valence-electron chi connectivity index (χ0n) is 14.2. The number of hydrogen-bond donors (Lipinski definition) is 1. The van der Waals surface area contributed by atoms with Crippen molar-refractivity contribution in [3.8, 4) is 0 Å². The number of aliphatic carboxylic acids is 1. The van der Waals surface area contributed by atoms with Gasteiger partial charge in [0, 0.05) is 31.6 Å². The van der Waals surface area contributed by atoms with E-state index < -0.39 is 29.6 Å². The number of benzene rings is 1. The van der Waals surface area contributed by atoms with E-state index in [0.717, 1.165) is 12.1 Å². The summed E-state index contributed by atoms with van der Waals surface area (Å²) in [6.07, 6.45) is 1.93. The largest absolute Gasteiger partial charge is 0.480 e. The number of halogens is 2. The van der Waals surface area contributed by atoms with E-state index in [4.69, 9.17) is 0 Å². The lowest BCUT2D eigenvalue weighted by molar-refractivity contribution is -0.150. The minimum atomic E-state index is -0.991. The molecule has 0 unspecified atom stereocenters. The molecule has 2 fully saturated rings. The standard InChI is InChI=1S/C18H20F2N2O4/c19-12-3-4-13(14(20)10-12)17(24)21-8-5-11(6-9-21)16(23)22-7-1-2-15(22)18(25)26/h3-4,10-11,15H,1-2,5-9H2,(H,25,26)/t15-/m0/s1. The van der Waals surface area contributed by atoms with Crippen molar-refractivity contribution in [2.75, 3.05) is 19.6 Å². The van der Waals surface area contributed by atoms with E-state index in [9.17, 15) is 28.3 Å². The van der Waals surface area contributed by atoms with Gasteiger partial charge in [0.05, 0.1) is 5.56 Å². The van der Waals surface area contributed by atoms with E-state index >= 15 is 0 Å². The molecule has 0 bridgehead atoms. The molecule has 1 N–H and O–H groups in total. The predicted molar refractivity (Wildman–Crippen MR) is 87.4 cm³/mol. The molecule has 1 atom stereocenters. The number of rotatable bonds is 3. The number of piperidine rings is 1. The van der Waals surface area contributed by atoms with Crippen LogP contribution in [0.2, 0.25) is 0 Å². The maximum absolute atomic E-state index is 13.8. The van der Waals surface area contributed by atoms with Crippen LogP contribution in [0.5, 0.6) is 0 Å². The van der Waals surface area contributed by atoms with Crippen LogP contribution in [-0.4, -0.2) is 58.4 Å². The minimum absolute atomic E-state index is 0.185. The lowest BCUT2D eigenvalue weighted by Gasteiger charge is -2.34. The van der Waals surface area contributed by atoms with Crippen LogP contribution in [0.15, 0.2) is 18.2 Å². The number of amides is 2. The van der Waals surface area contributed by atoms with Crippen molar-refractivity contribution in [1.29, 1.82) is 0 Å². The van der Waals surface area contributed by atoms with Gasteiger partial charge in [-0.1, -0.05) is 0 Å². The Morgan fingerprint density at radius 2 is 1.73 bits per heavy atom. The summed E-state index contributed by atoms with van der Waals surface area (Å²) in [5.74, 6) is -3.70. The van der Waals surface area contributed by atoms with Gasteiger partial charge in [0.2, 0.25) is 5.91 Å². The summed E-state index contributed by atoms with van der Waals surface area (Å²) in [6, 6.07) is 2.05. The van der Waals surface area contributed by atoms with Gasteiger partial charge in [-0.15, -0.1) is 0 Å². The molecule has 0 aromatic heterocycles. The summed E-state index contributed by atoms with van der Waals surface area (Å²) in [6.45, 7) is 0.991. The number of hydrogen-bond acceptors (Lipinski definition) is 3. The quantitative estimate of drug-likeness (QED) is 0.886. The third-order valence-corrected chi connectivity index (χ3v) is 5.11. The van der Waals surface area contributed by atoms with Crippen molar-refractivity contribution in [2.45, 2.75) is 31.7 Å². The molecule has 0 radical (unpaired) electrons. The summed E-state index contributed by atoms with van der Waals surface area (Å²) in [5, 5.41) is 9.21. The Labute approximate surface area is 149 Å². The van der Waals surface area contributed by atoms with Gasteiger partial charge in [0.25, 0.3) is 5.91 Å². The number of carbonyl (C=O) groups excluding carboxylic acids is 2. The van der Waals surface area contributed by atoms with Gasteiger partial charge in [-0.2, -0.15) is 0 Å². The molecular weight excluding hydrogens is 346 g/mol. The Hall–Kier alpha value is -2.51. The SMILES string of the molecule is O=C(O)[C@@H]1CCCN1C(=O)C1CCN(C(=O)c2ccc(F)cc2F)CC1. The lowest BCUT2D eigenvalue weighted by atomic mass is 9.94. The molecule has 0 saturated carbocycles. The van der Waals surface area contributed by atoms with Crippen LogP contribution in [0.1, 0.15) is 36.0 Å². The summed E-state index contributed by atoms with van der Waals surface area (Å²) >= 11 is 0. The Bertz CT molecular complexity index is 732. The van der Waals surface area contributed by atoms with E-state index in [0.29, 0.717) is 38.3 Å². The highest BCUT2D eigenvalue weighted by Gasteiger charge is 2.38. The first-order valence-electron chi connectivity index (χ1n) is 8.66. The molecule has 140 valence electrons. The molecule has 2 amide bonds. The highest BCUT2D eigenvalue weighted by atomic mass is 19.1. The fourth-order valence-corrected chi connectivity index (χ4v) is 3.68. The number of carbonyl (C=O) groups is 3. The smallest absolute Gasteiger partial charge is 0.326 e. The summed E-state index contributed by atoms with van der Waals surface area (Å²) < 4.78 is 26.8. The van der Waals surface area contributed by atoms with Crippen LogP contribution in [0, 0.1) is 17.6 Å². The van der Waals surface area contributed by atoms with E-state index in [-0.39, 0.29) is 30.5 Å². The fraction of sp³-hybridized carbons (Fsp3) is 0.500. The highest BCUT2D eigenvalue weighted by Crippen LogP contribution is 2.26. The van der Waals surface area contributed by atoms with Crippen molar-refractivity contribution in [1.82, 2.24) is 9.80 Å². The van der Waals surface area contributed by atoms with E-state index in [2.05, 4.69) is 0 Å². The third-order valence-electron chi connectivity index (χ3n) is 5.11. The minimum Gasteiger partial charge on any atom is -0.480 e. The second-order valence-corrected chi connectivity index (χ2v) is 6.72. The van der Waals surface area contributed by atoms with Crippen molar-refractivity contribution >= 4 is 17.8 Å². The van der Waals surface area contributed by atoms with Gasteiger partial charge in [0.1, 0.15) is 17.7 Å². The normalized spacial score (nSPS) is 21.1. The second kappa shape index (κ2) is 7.39. The van der Waals surface area contributed by atoms with Crippen LogP contribution < -0.4 is 0 Å². The number of likely N-dealkylation sites (tertiary alicyclic amines) is 2. The second-order valence-electron chi connectivity index (χ2n) is 6.72. The molecule has 8 heteroatoms. The molecule has 1 aromatic carbocycles. The molecule has 1 aromatic rings. The summed E-state index contributed by atoms with van der Waals surface area (Å²) in [5.41, 5.74) is -0.193. The number of nitrogens with zero attached hydrogens (tertiary/aromatic N) is 2. The summed E-state index contributed by atoms with van der Waals surface area (Å²) in [7, 11) is 0. The molecule has 2 aliphatic heterocycles. The Kier molecular flexibility index (Phi) is 5.20. The number of carboxylic acid groups (broad SMARTS) is 1. The first kappa shape index (κ1) is 18.3. The molecule has 0 aliphatic carbocycles. The molecule has 0 spiro atoms. The lowest BCUT2D eigenvalue weighted by Crippen LogP contribution is -2.47. The maximum atomic E-state index is 13.8. The third kappa shape index (κ3) is 3.54. The Morgan fingerprint density at radius 1 is 1.04 bits per heavy atom. The average Bonchev–Trinajstić information content (AvgIpc) is 3.11. The molecule has 3 rings (SSSR count). The van der Waals surface area contributed by atoms with Gasteiger partial charge in [0.15, 0.2) is 0 Å². The molecule has 2 aliphatic rings. The first-order valence-corrected chi connectivity index (χ1v) is 8.66. The van der Waals surface area contributed by atoms with Gasteiger partial charge >= 0.3 is 5.97 Å². The van der Waals surface area contributed by atoms with Gasteiger partial charge < -0.3 is 14.9 Å².